The van der Waals surface area contributed by atoms with Gasteiger partial charge < -0.3 is 0 Å². The Hall–Kier alpha value is -0.650. The first kappa shape index (κ1) is 7.02. The molecule has 2 rings (SSSR count). The Morgan fingerprint density at radius 1 is 1.45 bits per heavy atom. The lowest BCUT2D eigenvalue weighted by Crippen LogP contribution is -1.88. The quantitative estimate of drug-likeness (QED) is 0.672. The third-order valence-electron chi connectivity index (χ3n) is 1.59. The molecule has 2 aromatic rings. The van der Waals surface area contributed by atoms with Crippen molar-refractivity contribution in [1.82, 2.24) is 15.0 Å². The normalized spacial score (nSPS) is 10.7. The Kier molecular flexibility index (Phi) is 1.56. The van der Waals surface area contributed by atoms with Crippen LogP contribution in [0.25, 0.3) is 11.0 Å². The van der Waals surface area contributed by atoms with Gasteiger partial charge in [-0.25, -0.2) is 4.68 Å². The molecule has 0 spiro atoms. The highest BCUT2D eigenvalue weighted by molar-refractivity contribution is 14.1. The minimum atomic E-state index is 0.982. The van der Waals surface area contributed by atoms with E-state index in [2.05, 4.69) is 32.9 Å². The topological polar surface area (TPSA) is 30.7 Å². The van der Waals surface area contributed by atoms with Crippen molar-refractivity contribution in [2.75, 3.05) is 0 Å². The monoisotopic (exact) mass is 259 g/mol. The van der Waals surface area contributed by atoms with Gasteiger partial charge in [-0.1, -0.05) is 11.3 Å². The van der Waals surface area contributed by atoms with Crippen molar-refractivity contribution in [2.24, 2.45) is 7.05 Å². The van der Waals surface area contributed by atoms with Crippen molar-refractivity contribution in [3.8, 4) is 0 Å². The largest absolute Gasteiger partial charge is 0.248 e. The van der Waals surface area contributed by atoms with E-state index in [0.29, 0.717) is 0 Å². The molecule has 0 aliphatic rings. The van der Waals surface area contributed by atoms with Gasteiger partial charge in [0, 0.05) is 10.6 Å². The van der Waals surface area contributed by atoms with Gasteiger partial charge in [-0.05, 0) is 34.7 Å². The lowest BCUT2D eigenvalue weighted by molar-refractivity contribution is 0.736. The summed E-state index contributed by atoms with van der Waals surface area (Å²) in [6.45, 7) is 0. The average Bonchev–Trinajstić information content (AvgIpc) is 2.35. The van der Waals surface area contributed by atoms with Crippen LogP contribution < -0.4 is 0 Å². The second-order valence-electron chi connectivity index (χ2n) is 2.32. The molecule has 1 heterocycles. The first-order valence-corrected chi connectivity index (χ1v) is 4.31. The van der Waals surface area contributed by atoms with Crippen LogP contribution in [0, 0.1) is 3.57 Å². The summed E-state index contributed by atoms with van der Waals surface area (Å²) in [5, 5.41) is 7.94. The van der Waals surface area contributed by atoms with Gasteiger partial charge in [0.25, 0.3) is 0 Å². The third-order valence-corrected chi connectivity index (χ3v) is 2.46. The van der Waals surface area contributed by atoms with Crippen molar-refractivity contribution in [2.45, 2.75) is 0 Å². The maximum atomic E-state index is 4.02. The fraction of sp³-hybridized carbons (Fsp3) is 0.143. The number of halogens is 1. The predicted molar refractivity (Wildman–Crippen MR) is 51.2 cm³/mol. The molecule has 0 radical (unpaired) electrons. The summed E-state index contributed by atoms with van der Waals surface area (Å²) in [4.78, 5) is 0. The van der Waals surface area contributed by atoms with Crippen LogP contribution in [0.15, 0.2) is 18.2 Å². The molecule has 0 aliphatic heterocycles. The molecule has 56 valence electrons. The Labute approximate surface area is 77.5 Å². The highest BCUT2D eigenvalue weighted by Gasteiger charge is 2.02. The van der Waals surface area contributed by atoms with E-state index in [0.717, 1.165) is 14.6 Å². The molecule has 3 nitrogen and oxygen atoms in total. The zero-order valence-corrected chi connectivity index (χ0v) is 8.11. The second-order valence-corrected chi connectivity index (χ2v) is 3.48. The Bertz CT molecular complexity index is 393. The Morgan fingerprint density at radius 3 is 3.00 bits per heavy atom. The molecular weight excluding hydrogens is 253 g/mol. The van der Waals surface area contributed by atoms with Gasteiger partial charge in [0.1, 0.15) is 5.52 Å². The van der Waals surface area contributed by atoms with E-state index in [4.69, 9.17) is 0 Å². The van der Waals surface area contributed by atoms with Crippen LogP contribution in [0.4, 0.5) is 0 Å². The first-order valence-electron chi connectivity index (χ1n) is 3.23. The molecule has 0 bridgehead atoms. The maximum absolute atomic E-state index is 4.02. The van der Waals surface area contributed by atoms with E-state index < -0.39 is 0 Å². The van der Waals surface area contributed by atoms with Gasteiger partial charge in [0.05, 0.1) is 5.52 Å². The summed E-state index contributed by atoms with van der Waals surface area (Å²) in [7, 11) is 1.89. The van der Waals surface area contributed by atoms with Crippen LogP contribution in [0.5, 0.6) is 0 Å². The molecular formula is C7H6IN3. The van der Waals surface area contributed by atoms with E-state index in [1.807, 2.05) is 25.2 Å². The standard InChI is InChI=1S/C7H6IN3/c1-11-6-4-2-3-5(8)7(6)9-10-11/h2-4H,1H3. The number of hydrogen-bond donors (Lipinski definition) is 0. The average molecular weight is 259 g/mol. The van der Waals surface area contributed by atoms with Gasteiger partial charge in [0.2, 0.25) is 0 Å². The van der Waals surface area contributed by atoms with E-state index in [-0.39, 0.29) is 0 Å². The number of aryl methyl sites for hydroxylation is 1. The zero-order chi connectivity index (χ0) is 7.84. The number of hydrogen-bond acceptors (Lipinski definition) is 2. The fourth-order valence-electron chi connectivity index (χ4n) is 1.02. The van der Waals surface area contributed by atoms with Crippen molar-refractivity contribution >= 4 is 33.6 Å². The van der Waals surface area contributed by atoms with Gasteiger partial charge in [-0.15, -0.1) is 5.10 Å². The molecule has 0 atom stereocenters. The Balaban J connectivity index is 2.94. The summed E-state index contributed by atoms with van der Waals surface area (Å²) in [6, 6.07) is 6.04. The molecule has 0 aliphatic carbocycles. The van der Waals surface area contributed by atoms with E-state index >= 15 is 0 Å². The molecule has 0 fully saturated rings. The van der Waals surface area contributed by atoms with Gasteiger partial charge in [-0.2, -0.15) is 0 Å². The summed E-state index contributed by atoms with van der Waals surface area (Å²) >= 11 is 2.26. The first-order chi connectivity index (χ1) is 5.29. The van der Waals surface area contributed by atoms with Crippen LogP contribution >= 0.6 is 22.6 Å². The second kappa shape index (κ2) is 2.44. The SMILES string of the molecule is Cn1nnc2c(I)cccc21. The van der Waals surface area contributed by atoms with Crippen LogP contribution in [-0.4, -0.2) is 15.0 Å². The lowest BCUT2D eigenvalue weighted by Gasteiger charge is -1.91. The minimum absolute atomic E-state index is 0.982. The molecule has 0 unspecified atom stereocenters. The molecule has 4 heteroatoms. The van der Waals surface area contributed by atoms with Crippen LogP contribution in [0.3, 0.4) is 0 Å². The van der Waals surface area contributed by atoms with Gasteiger partial charge in [0.15, 0.2) is 0 Å². The molecule has 0 saturated heterocycles. The molecule has 1 aromatic heterocycles. The molecule has 0 saturated carbocycles. The van der Waals surface area contributed by atoms with Crippen molar-refractivity contribution in [1.29, 1.82) is 0 Å². The summed E-state index contributed by atoms with van der Waals surface area (Å²) in [6.07, 6.45) is 0. The van der Waals surface area contributed by atoms with Crippen molar-refractivity contribution in [3.05, 3.63) is 21.8 Å². The highest BCUT2D eigenvalue weighted by Crippen LogP contribution is 2.16. The van der Waals surface area contributed by atoms with Crippen LogP contribution in [0.1, 0.15) is 0 Å². The molecule has 0 N–H and O–H groups in total. The number of fused-ring (bicyclic) bond motifs is 1. The van der Waals surface area contributed by atoms with Crippen LogP contribution in [-0.2, 0) is 7.05 Å². The number of rotatable bonds is 0. The Morgan fingerprint density at radius 2 is 2.27 bits per heavy atom. The van der Waals surface area contributed by atoms with E-state index in [9.17, 15) is 0 Å². The van der Waals surface area contributed by atoms with Crippen molar-refractivity contribution in [3.63, 3.8) is 0 Å². The molecule has 0 amide bonds. The fourth-order valence-corrected chi connectivity index (χ4v) is 1.62. The van der Waals surface area contributed by atoms with E-state index in [1.165, 1.54) is 0 Å². The van der Waals surface area contributed by atoms with Gasteiger partial charge in [-0.3, -0.25) is 0 Å². The summed E-state index contributed by atoms with van der Waals surface area (Å²) < 4.78 is 2.92. The summed E-state index contributed by atoms with van der Waals surface area (Å²) in [5.41, 5.74) is 2.06. The predicted octanol–water partition coefficient (Wildman–Crippen LogP) is 1.57. The van der Waals surface area contributed by atoms with Crippen LogP contribution in [0.2, 0.25) is 0 Å². The van der Waals surface area contributed by atoms with Crippen molar-refractivity contribution < 1.29 is 0 Å². The van der Waals surface area contributed by atoms with E-state index in [1.54, 1.807) is 4.68 Å². The maximum Gasteiger partial charge on any atom is 0.126 e. The number of benzene rings is 1. The third kappa shape index (κ3) is 1.01. The zero-order valence-electron chi connectivity index (χ0n) is 5.95. The van der Waals surface area contributed by atoms with Gasteiger partial charge >= 0.3 is 0 Å². The number of aromatic nitrogens is 3. The molecule has 1 aromatic carbocycles. The smallest absolute Gasteiger partial charge is 0.126 e. The summed E-state index contributed by atoms with van der Waals surface area (Å²) in [5.74, 6) is 0. The minimum Gasteiger partial charge on any atom is -0.248 e. The number of nitrogens with zero attached hydrogens (tertiary/aromatic N) is 3. The highest BCUT2D eigenvalue weighted by atomic mass is 127. The lowest BCUT2D eigenvalue weighted by atomic mass is 10.3. The molecule has 11 heavy (non-hydrogen) atoms.